The zero-order valence-electron chi connectivity index (χ0n) is 11.8. The molecule has 1 heterocycles. The van der Waals surface area contributed by atoms with Gasteiger partial charge in [-0.1, -0.05) is 27.2 Å². The Morgan fingerprint density at radius 2 is 1.69 bits per heavy atom. The quantitative estimate of drug-likeness (QED) is 0.775. The largest absolute Gasteiger partial charge is 0.314 e. The number of rotatable bonds is 5. The van der Waals surface area contributed by atoms with E-state index >= 15 is 0 Å². The lowest BCUT2D eigenvalue weighted by molar-refractivity contribution is 0.0864. The molecule has 1 aliphatic rings. The maximum Gasteiger partial charge on any atom is 0.00698 e. The molecule has 0 bridgehead atoms. The summed E-state index contributed by atoms with van der Waals surface area (Å²) in [6, 6.07) is 2.18. The van der Waals surface area contributed by atoms with Crippen molar-refractivity contribution >= 4 is 0 Å². The summed E-state index contributed by atoms with van der Waals surface area (Å²) in [5.74, 6) is 0.755. The molecule has 0 aromatic rings. The first-order valence-corrected chi connectivity index (χ1v) is 6.99. The van der Waals surface area contributed by atoms with Crippen LogP contribution in [0, 0.1) is 5.92 Å². The second-order valence-corrected chi connectivity index (χ2v) is 5.99. The lowest BCUT2D eigenvalue weighted by Gasteiger charge is -2.40. The molecule has 1 saturated heterocycles. The van der Waals surface area contributed by atoms with E-state index in [1.54, 1.807) is 0 Å². The van der Waals surface area contributed by atoms with Crippen LogP contribution in [0.1, 0.15) is 53.9 Å². The van der Waals surface area contributed by atoms with Gasteiger partial charge < -0.3 is 5.32 Å². The topological polar surface area (TPSA) is 15.3 Å². The zero-order valence-corrected chi connectivity index (χ0v) is 11.8. The molecular formula is C14H30N2. The Morgan fingerprint density at radius 3 is 2.19 bits per heavy atom. The van der Waals surface area contributed by atoms with Crippen LogP contribution in [0.5, 0.6) is 0 Å². The summed E-state index contributed by atoms with van der Waals surface area (Å²) >= 11 is 0. The number of hydrogen-bond donors (Lipinski definition) is 1. The Bertz CT molecular complexity index is 181. The van der Waals surface area contributed by atoms with E-state index in [0.717, 1.165) is 24.5 Å². The van der Waals surface area contributed by atoms with Crippen LogP contribution in [-0.2, 0) is 0 Å². The van der Waals surface area contributed by atoms with E-state index in [0.29, 0.717) is 6.04 Å². The lowest BCUT2D eigenvalue weighted by atomic mass is 9.96. The van der Waals surface area contributed by atoms with Gasteiger partial charge in [0, 0.05) is 24.7 Å². The van der Waals surface area contributed by atoms with Gasteiger partial charge in [0.25, 0.3) is 0 Å². The fourth-order valence-electron chi connectivity index (χ4n) is 2.70. The maximum atomic E-state index is 3.54. The minimum Gasteiger partial charge on any atom is -0.314 e. The predicted octanol–water partition coefficient (Wildman–Crippen LogP) is 2.88. The highest BCUT2D eigenvalue weighted by Gasteiger charge is 2.25. The molecule has 1 fully saturated rings. The Morgan fingerprint density at radius 1 is 1.12 bits per heavy atom. The third kappa shape index (κ3) is 4.42. The first-order valence-electron chi connectivity index (χ1n) is 6.99. The molecule has 0 aromatic carbocycles. The lowest BCUT2D eigenvalue weighted by Crippen LogP contribution is -2.47. The summed E-state index contributed by atoms with van der Waals surface area (Å²) < 4.78 is 0. The van der Waals surface area contributed by atoms with E-state index < -0.39 is 0 Å². The molecule has 1 aliphatic heterocycles. The van der Waals surface area contributed by atoms with Crippen LogP contribution in [0.2, 0.25) is 0 Å². The third-order valence-electron chi connectivity index (χ3n) is 3.77. The smallest absolute Gasteiger partial charge is 0.00698 e. The van der Waals surface area contributed by atoms with Crippen LogP contribution in [0.25, 0.3) is 0 Å². The van der Waals surface area contributed by atoms with Crippen LogP contribution in [0.3, 0.4) is 0 Å². The number of likely N-dealkylation sites (tertiary alicyclic amines) is 1. The van der Waals surface area contributed by atoms with E-state index in [4.69, 9.17) is 0 Å². The van der Waals surface area contributed by atoms with Gasteiger partial charge in [0.1, 0.15) is 0 Å². The molecule has 3 unspecified atom stereocenters. The summed E-state index contributed by atoms with van der Waals surface area (Å²) in [5, 5.41) is 3.54. The zero-order chi connectivity index (χ0) is 12.1. The molecule has 0 radical (unpaired) electrons. The van der Waals surface area contributed by atoms with Gasteiger partial charge in [0.05, 0.1) is 0 Å². The van der Waals surface area contributed by atoms with Gasteiger partial charge >= 0.3 is 0 Å². The fourth-order valence-corrected chi connectivity index (χ4v) is 2.70. The van der Waals surface area contributed by atoms with Crippen LogP contribution < -0.4 is 5.32 Å². The van der Waals surface area contributed by atoms with Gasteiger partial charge in [-0.3, -0.25) is 4.90 Å². The summed E-state index contributed by atoms with van der Waals surface area (Å²) in [6.45, 7) is 14.0. The van der Waals surface area contributed by atoms with Crippen molar-refractivity contribution in [3.8, 4) is 0 Å². The van der Waals surface area contributed by atoms with Crippen molar-refractivity contribution in [2.45, 2.75) is 72.0 Å². The Kier molecular flexibility index (Phi) is 5.77. The average molecular weight is 226 g/mol. The second-order valence-electron chi connectivity index (χ2n) is 5.99. The van der Waals surface area contributed by atoms with Gasteiger partial charge in [-0.15, -0.1) is 0 Å². The highest BCUT2D eigenvalue weighted by Crippen LogP contribution is 2.23. The Balaban J connectivity index is 2.33. The second kappa shape index (κ2) is 6.61. The van der Waals surface area contributed by atoms with Crippen LogP contribution >= 0.6 is 0 Å². The van der Waals surface area contributed by atoms with Crippen molar-refractivity contribution < 1.29 is 0 Å². The normalized spacial score (nSPS) is 29.6. The van der Waals surface area contributed by atoms with Crippen molar-refractivity contribution in [3.05, 3.63) is 0 Å². The number of nitrogens with zero attached hydrogens (tertiary/aromatic N) is 1. The molecule has 1 N–H and O–H groups in total. The molecule has 0 aliphatic carbocycles. The molecule has 2 nitrogen and oxygen atoms in total. The van der Waals surface area contributed by atoms with Crippen molar-refractivity contribution in [3.63, 3.8) is 0 Å². The maximum absolute atomic E-state index is 3.54. The predicted molar refractivity (Wildman–Crippen MR) is 71.8 cm³/mol. The van der Waals surface area contributed by atoms with E-state index in [9.17, 15) is 0 Å². The number of piperidine rings is 1. The molecule has 0 saturated carbocycles. The van der Waals surface area contributed by atoms with E-state index in [-0.39, 0.29) is 0 Å². The van der Waals surface area contributed by atoms with Crippen LogP contribution in [0.15, 0.2) is 0 Å². The van der Waals surface area contributed by atoms with Gasteiger partial charge in [0.15, 0.2) is 0 Å². The van der Waals surface area contributed by atoms with Gasteiger partial charge in [-0.05, 0) is 39.2 Å². The van der Waals surface area contributed by atoms with E-state index in [1.165, 1.54) is 25.8 Å². The van der Waals surface area contributed by atoms with E-state index in [1.807, 2.05) is 0 Å². The summed E-state index contributed by atoms with van der Waals surface area (Å²) in [7, 11) is 0. The van der Waals surface area contributed by atoms with Crippen molar-refractivity contribution in [1.82, 2.24) is 10.2 Å². The van der Waals surface area contributed by atoms with Gasteiger partial charge in [-0.25, -0.2) is 0 Å². The standard InChI is InChI=1S/C14H30N2/c1-11(2)15-9-12(3)10-16-13(4)7-6-8-14(16)5/h11-15H,6-10H2,1-5H3. The first-order chi connectivity index (χ1) is 7.50. The minimum atomic E-state index is 0.610. The monoisotopic (exact) mass is 226 g/mol. The molecule has 0 amide bonds. The molecule has 16 heavy (non-hydrogen) atoms. The first kappa shape index (κ1) is 14.0. The molecule has 3 atom stereocenters. The molecule has 0 aromatic heterocycles. The Hall–Kier alpha value is -0.0800. The SMILES string of the molecule is CC(CNC(C)C)CN1C(C)CCCC1C. The minimum absolute atomic E-state index is 0.610. The molecule has 2 heteroatoms. The summed E-state index contributed by atoms with van der Waals surface area (Å²) in [4.78, 5) is 2.70. The molecule has 1 rings (SSSR count). The highest BCUT2D eigenvalue weighted by atomic mass is 15.2. The fraction of sp³-hybridized carbons (Fsp3) is 1.00. The van der Waals surface area contributed by atoms with E-state index in [2.05, 4.69) is 44.8 Å². The summed E-state index contributed by atoms with van der Waals surface area (Å²) in [6.07, 6.45) is 4.18. The highest BCUT2D eigenvalue weighted by molar-refractivity contribution is 4.81. The molecule has 96 valence electrons. The number of hydrogen-bond acceptors (Lipinski definition) is 2. The third-order valence-corrected chi connectivity index (χ3v) is 3.77. The van der Waals surface area contributed by atoms with Crippen LogP contribution in [-0.4, -0.2) is 36.1 Å². The average Bonchev–Trinajstić information content (AvgIpc) is 2.21. The van der Waals surface area contributed by atoms with Gasteiger partial charge in [0.2, 0.25) is 0 Å². The van der Waals surface area contributed by atoms with Crippen LogP contribution in [0.4, 0.5) is 0 Å². The summed E-state index contributed by atoms with van der Waals surface area (Å²) in [5.41, 5.74) is 0. The van der Waals surface area contributed by atoms with Crippen molar-refractivity contribution in [2.75, 3.05) is 13.1 Å². The number of nitrogens with one attached hydrogen (secondary N) is 1. The van der Waals surface area contributed by atoms with Gasteiger partial charge in [-0.2, -0.15) is 0 Å². The molecule has 0 spiro atoms. The van der Waals surface area contributed by atoms with Crippen molar-refractivity contribution in [2.24, 2.45) is 5.92 Å². The van der Waals surface area contributed by atoms with Crippen molar-refractivity contribution in [1.29, 1.82) is 0 Å². The Labute approximate surface area is 102 Å². The molecular weight excluding hydrogens is 196 g/mol.